The highest BCUT2D eigenvalue weighted by molar-refractivity contribution is 5.99. The summed E-state index contributed by atoms with van der Waals surface area (Å²) in [6.45, 7) is 3.56. The van der Waals surface area contributed by atoms with E-state index in [9.17, 15) is 9.59 Å². The van der Waals surface area contributed by atoms with E-state index >= 15 is 0 Å². The molecular weight excluding hydrogens is 210 g/mol. The Morgan fingerprint density at radius 2 is 2.19 bits per heavy atom. The standard InChI is InChI=1S/C10H13N3O3/c1-10(2)6(7(10)9(15)16)8(14)12-5-3-4-11-13-5/h3-4,6-7H,1-2H3,(H,15,16)(H2,11,12,13,14). The summed E-state index contributed by atoms with van der Waals surface area (Å²) >= 11 is 0. The van der Waals surface area contributed by atoms with E-state index in [1.165, 1.54) is 6.20 Å². The second kappa shape index (κ2) is 3.33. The average Bonchev–Trinajstić information content (AvgIpc) is 2.58. The van der Waals surface area contributed by atoms with Crippen LogP contribution >= 0.6 is 0 Å². The van der Waals surface area contributed by atoms with Crippen LogP contribution in [0.1, 0.15) is 13.8 Å². The number of aromatic amines is 1. The Morgan fingerprint density at radius 3 is 2.62 bits per heavy atom. The zero-order chi connectivity index (χ0) is 11.9. The molecule has 6 nitrogen and oxygen atoms in total. The molecule has 1 aromatic heterocycles. The van der Waals surface area contributed by atoms with Crippen LogP contribution in [0.4, 0.5) is 5.82 Å². The molecule has 86 valence electrons. The molecule has 0 bridgehead atoms. The first kappa shape index (κ1) is 10.7. The Hall–Kier alpha value is -1.85. The molecule has 3 N–H and O–H groups in total. The van der Waals surface area contributed by atoms with E-state index in [1.54, 1.807) is 19.9 Å². The van der Waals surface area contributed by atoms with Gasteiger partial charge in [-0.2, -0.15) is 5.10 Å². The molecule has 1 aliphatic carbocycles. The molecule has 16 heavy (non-hydrogen) atoms. The summed E-state index contributed by atoms with van der Waals surface area (Å²) in [6, 6.07) is 1.61. The quantitative estimate of drug-likeness (QED) is 0.703. The maximum absolute atomic E-state index is 11.8. The minimum atomic E-state index is -0.922. The van der Waals surface area contributed by atoms with Crippen molar-refractivity contribution in [2.45, 2.75) is 13.8 Å². The molecule has 0 spiro atoms. The van der Waals surface area contributed by atoms with Crippen LogP contribution in [-0.2, 0) is 9.59 Å². The van der Waals surface area contributed by atoms with Crippen molar-refractivity contribution < 1.29 is 14.7 Å². The molecule has 2 atom stereocenters. The van der Waals surface area contributed by atoms with Crippen molar-refractivity contribution in [3.63, 3.8) is 0 Å². The number of hydrogen-bond donors (Lipinski definition) is 3. The predicted molar refractivity (Wildman–Crippen MR) is 55.6 cm³/mol. The number of carbonyl (C=O) groups is 2. The number of nitrogens with one attached hydrogen (secondary N) is 2. The summed E-state index contributed by atoms with van der Waals surface area (Å²) in [5, 5.41) is 17.8. The van der Waals surface area contributed by atoms with Gasteiger partial charge in [0.05, 0.1) is 18.0 Å². The van der Waals surface area contributed by atoms with Crippen LogP contribution in [0.3, 0.4) is 0 Å². The number of hydrogen-bond acceptors (Lipinski definition) is 3. The van der Waals surface area contributed by atoms with Crippen LogP contribution in [0.2, 0.25) is 0 Å². The predicted octanol–water partition coefficient (Wildman–Crippen LogP) is 0.705. The van der Waals surface area contributed by atoms with Crippen molar-refractivity contribution in [1.82, 2.24) is 10.2 Å². The number of amides is 1. The van der Waals surface area contributed by atoms with E-state index in [4.69, 9.17) is 5.11 Å². The first-order chi connectivity index (χ1) is 7.44. The van der Waals surface area contributed by atoms with Crippen LogP contribution in [0.15, 0.2) is 12.3 Å². The third-order valence-electron chi connectivity index (χ3n) is 3.13. The second-order valence-electron chi connectivity index (χ2n) is 4.57. The molecule has 1 aromatic rings. The van der Waals surface area contributed by atoms with Gasteiger partial charge in [0, 0.05) is 6.07 Å². The zero-order valence-electron chi connectivity index (χ0n) is 9.02. The normalized spacial score (nSPS) is 26.1. The van der Waals surface area contributed by atoms with E-state index < -0.39 is 23.2 Å². The number of aromatic nitrogens is 2. The maximum atomic E-state index is 11.8. The summed E-state index contributed by atoms with van der Waals surface area (Å²) in [5.74, 6) is -1.79. The van der Waals surface area contributed by atoms with Gasteiger partial charge in [-0.05, 0) is 5.41 Å². The third kappa shape index (κ3) is 1.56. The highest BCUT2D eigenvalue weighted by atomic mass is 16.4. The Bertz CT molecular complexity index is 425. The SMILES string of the molecule is CC1(C)C(C(=O)O)C1C(=O)Nc1ccn[nH]1. The van der Waals surface area contributed by atoms with Gasteiger partial charge in [-0.3, -0.25) is 14.7 Å². The number of nitrogens with zero attached hydrogens (tertiary/aromatic N) is 1. The lowest BCUT2D eigenvalue weighted by molar-refractivity contribution is -0.140. The van der Waals surface area contributed by atoms with E-state index in [2.05, 4.69) is 15.5 Å². The van der Waals surface area contributed by atoms with Gasteiger partial charge in [0.2, 0.25) is 5.91 Å². The van der Waals surface area contributed by atoms with Gasteiger partial charge in [-0.15, -0.1) is 0 Å². The summed E-state index contributed by atoms with van der Waals surface area (Å²) in [7, 11) is 0. The van der Waals surface area contributed by atoms with Crippen molar-refractivity contribution in [3.8, 4) is 0 Å². The largest absolute Gasteiger partial charge is 0.481 e. The van der Waals surface area contributed by atoms with Crippen LogP contribution < -0.4 is 5.32 Å². The maximum Gasteiger partial charge on any atom is 0.307 e. The second-order valence-corrected chi connectivity index (χ2v) is 4.57. The summed E-state index contributed by atoms with van der Waals surface area (Å²) in [5.41, 5.74) is -0.476. The molecule has 2 rings (SSSR count). The van der Waals surface area contributed by atoms with E-state index in [0.717, 1.165) is 0 Å². The minimum absolute atomic E-state index is 0.276. The zero-order valence-corrected chi connectivity index (χ0v) is 9.02. The van der Waals surface area contributed by atoms with Crippen molar-refractivity contribution in [3.05, 3.63) is 12.3 Å². The van der Waals surface area contributed by atoms with Gasteiger partial charge in [0.15, 0.2) is 0 Å². The van der Waals surface area contributed by atoms with Crippen LogP contribution in [0.5, 0.6) is 0 Å². The van der Waals surface area contributed by atoms with Crippen LogP contribution in [0, 0.1) is 17.3 Å². The fourth-order valence-electron chi connectivity index (χ4n) is 2.12. The Labute approximate surface area is 92.0 Å². The summed E-state index contributed by atoms with van der Waals surface area (Å²) in [4.78, 5) is 22.7. The third-order valence-corrected chi connectivity index (χ3v) is 3.13. The van der Waals surface area contributed by atoms with Crippen molar-refractivity contribution in [2.24, 2.45) is 17.3 Å². The number of anilines is 1. The number of carboxylic acid groups (broad SMARTS) is 1. The molecule has 2 unspecified atom stereocenters. The van der Waals surface area contributed by atoms with Gasteiger partial charge in [-0.1, -0.05) is 13.8 Å². The molecule has 1 heterocycles. The average molecular weight is 223 g/mol. The molecule has 6 heteroatoms. The molecule has 1 amide bonds. The van der Waals surface area contributed by atoms with E-state index in [0.29, 0.717) is 5.82 Å². The van der Waals surface area contributed by atoms with Gasteiger partial charge >= 0.3 is 5.97 Å². The monoisotopic (exact) mass is 223 g/mol. The Morgan fingerprint density at radius 1 is 1.50 bits per heavy atom. The lowest BCUT2D eigenvalue weighted by atomic mass is 10.1. The molecular formula is C10H13N3O3. The molecule has 0 aliphatic heterocycles. The summed E-state index contributed by atoms with van der Waals surface area (Å²) < 4.78 is 0. The molecule has 0 aromatic carbocycles. The molecule has 0 saturated heterocycles. The molecule has 0 radical (unpaired) electrons. The Kier molecular flexibility index (Phi) is 2.22. The molecule has 1 fully saturated rings. The number of aliphatic carboxylic acids is 1. The van der Waals surface area contributed by atoms with Crippen molar-refractivity contribution in [2.75, 3.05) is 5.32 Å². The number of carboxylic acids is 1. The Balaban J connectivity index is 2.05. The smallest absolute Gasteiger partial charge is 0.307 e. The first-order valence-corrected chi connectivity index (χ1v) is 4.97. The highest BCUT2D eigenvalue weighted by Gasteiger charge is 2.65. The van der Waals surface area contributed by atoms with E-state index in [1.807, 2.05) is 0 Å². The first-order valence-electron chi connectivity index (χ1n) is 4.97. The van der Waals surface area contributed by atoms with Gasteiger partial charge in [-0.25, -0.2) is 0 Å². The summed E-state index contributed by atoms with van der Waals surface area (Å²) in [6.07, 6.45) is 1.52. The van der Waals surface area contributed by atoms with Gasteiger partial charge < -0.3 is 10.4 Å². The topological polar surface area (TPSA) is 95.1 Å². The highest BCUT2D eigenvalue weighted by Crippen LogP contribution is 2.58. The lowest BCUT2D eigenvalue weighted by Crippen LogP contribution is -2.17. The number of H-pyrrole nitrogens is 1. The van der Waals surface area contributed by atoms with Crippen molar-refractivity contribution in [1.29, 1.82) is 0 Å². The van der Waals surface area contributed by atoms with Gasteiger partial charge in [0.25, 0.3) is 0 Å². The fourth-order valence-corrected chi connectivity index (χ4v) is 2.12. The minimum Gasteiger partial charge on any atom is -0.481 e. The van der Waals surface area contributed by atoms with Crippen molar-refractivity contribution >= 4 is 17.7 Å². The van der Waals surface area contributed by atoms with Gasteiger partial charge in [0.1, 0.15) is 5.82 Å². The number of carbonyl (C=O) groups excluding carboxylic acids is 1. The molecule has 1 aliphatic rings. The van der Waals surface area contributed by atoms with Crippen LogP contribution in [0.25, 0.3) is 0 Å². The fraction of sp³-hybridized carbons (Fsp3) is 0.500. The van der Waals surface area contributed by atoms with Crippen LogP contribution in [-0.4, -0.2) is 27.2 Å². The van der Waals surface area contributed by atoms with E-state index in [-0.39, 0.29) is 5.91 Å². The number of rotatable bonds is 3. The molecule has 1 saturated carbocycles. The lowest BCUT2D eigenvalue weighted by Gasteiger charge is -2.02.